The van der Waals surface area contributed by atoms with Gasteiger partial charge in [0.15, 0.2) is 11.5 Å². The number of nitrogens with zero attached hydrogens (tertiary/aromatic N) is 3. The Hall–Kier alpha value is -2.59. The van der Waals surface area contributed by atoms with Crippen molar-refractivity contribution in [3.8, 4) is 0 Å². The molecule has 0 bridgehead atoms. The average molecular weight is 574 g/mol. The number of halogens is 5. The van der Waals surface area contributed by atoms with E-state index in [0.29, 0.717) is 0 Å². The maximum Gasteiger partial charge on any atom is 0.433 e. The molecular formula is C26H28Cl2F3N3O4. The number of benzene rings is 1. The molecule has 2 aliphatic rings. The van der Waals surface area contributed by atoms with Gasteiger partial charge in [-0.3, -0.25) is 19.1 Å². The molecule has 0 aliphatic heterocycles. The van der Waals surface area contributed by atoms with Gasteiger partial charge in [0.1, 0.15) is 0 Å². The largest absolute Gasteiger partial charge is 0.481 e. The predicted molar refractivity (Wildman–Crippen MR) is 135 cm³/mol. The number of ketones is 1. The first-order valence-electron chi connectivity index (χ1n) is 12.4. The highest BCUT2D eigenvalue weighted by molar-refractivity contribution is 6.40. The van der Waals surface area contributed by atoms with E-state index in [4.69, 9.17) is 23.2 Å². The number of hydrogen-bond donors (Lipinski definition) is 1. The van der Waals surface area contributed by atoms with E-state index in [1.165, 1.54) is 0 Å². The molecule has 1 N–H and O–H groups in total. The molecule has 1 aromatic heterocycles. The zero-order valence-electron chi connectivity index (χ0n) is 20.9. The number of carbonyl (C=O) groups is 3. The molecule has 2 aliphatic carbocycles. The van der Waals surface area contributed by atoms with E-state index < -0.39 is 53.1 Å². The third-order valence-corrected chi connectivity index (χ3v) is 8.07. The third-order valence-electron chi connectivity index (χ3n) is 7.48. The fraction of sp³-hybridized carbons (Fsp3) is 0.538. The predicted octanol–water partition coefficient (Wildman–Crippen LogP) is 6.46. The standard InChI is InChI=1S/C26H28Cl2F3N3O4/c1-14-9-18(27)21(19(28)10-14)20(35)13-33(12-15-3-4-15)23(36)17-11-32-34(22(17)26(29,30)31)16-5-7-25(2,8-6-16)24(37)38/h9-11,15-16H,3-8,12-13H2,1-2H3,(H,37,38)/t16-,25-. The first-order valence-corrected chi connectivity index (χ1v) is 13.1. The number of aryl methyl sites for hydroxylation is 1. The second kappa shape index (κ2) is 10.5. The second-order valence-electron chi connectivity index (χ2n) is 10.6. The van der Waals surface area contributed by atoms with Gasteiger partial charge in [0.25, 0.3) is 5.91 Å². The fourth-order valence-electron chi connectivity index (χ4n) is 5.00. The van der Waals surface area contributed by atoms with Crippen molar-refractivity contribution in [1.82, 2.24) is 14.7 Å². The van der Waals surface area contributed by atoms with Crippen molar-refractivity contribution in [2.75, 3.05) is 13.1 Å². The molecule has 0 spiro atoms. The summed E-state index contributed by atoms with van der Waals surface area (Å²) in [4.78, 5) is 39.3. The number of carboxylic acid groups (broad SMARTS) is 1. The summed E-state index contributed by atoms with van der Waals surface area (Å²) in [6.45, 7) is 2.96. The normalized spacial score (nSPS) is 21.8. The van der Waals surface area contributed by atoms with E-state index in [-0.39, 0.29) is 53.8 Å². The fourth-order valence-corrected chi connectivity index (χ4v) is 5.80. The van der Waals surface area contributed by atoms with Crippen molar-refractivity contribution in [3.63, 3.8) is 0 Å². The molecule has 0 atom stereocenters. The molecule has 0 saturated heterocycles. The SMILES string of the molecule is Cc1cc(Cl)c(C(=O)CN(CC2CC2)C(=O)c2cnn([C@H]3CC[C@](C)(C(=O)O)CC3)c2C(F)(F)F)c(Cl)c1. The second-order valence-corrected chi connectivity index (χ2v) is 11.4. The smallest absolute Gasteiger partial charge is 0.433 e. The summed E-state index contributed by atoms with van der Waals surface area (Å²) < 4.78 is 43.8. The van der Waals surface area contributed by atoms with Crippen LogP contribution in [0.5, 0.6) is 0 Å². The minimum absolute atomic E-state index is 0.0166. The maximum atomic E-state index is 14.3. The minimum Gasteiger partial charge on any atom is -0.481 e. The zero-order valence-corrected chi connectivity index (χ0v) is 22.5. The molecule has 2 aromatic rings. The molecule has 1 aromatic carbocycles. The summed E-state index contributed by atoms with van der Waals surface area (Å²) in [6.07, 6.45) is -1.66. The van der Waals surface area contributed by atoms with Crippen LogP contribution in [0.3, 0.4) is 0 Å². The number of carbonyl (C=O) groups excluding carboxylic acids is 2. The molecule has 12 heteroatoms. The van der Waals surface area contributed by atoms with E-state index >= 15 is 0 Å². The van der Waals surface area contributed by atoms with Crippen LogP contribution in [0.2, 0.25) is 10.0 Å². The van der Waals surface area contributed by atoms with Crippen molar-refractivity contribution < 1.29 is 32.7 Å². The Balaban J connectivity index is 1.64. The molecule has 38 heavy (non-hydrogen) atoms. The van der Waals surface area contributed by atoms with Gasteiger partial charge in [0.05, 0.1) is 45.4 Å². The summed E-state index contributed by atoms with van der Waals surface area (Å²) >= 11 is 12.5. The topological polar surface area (TPSA) is 92.5 Å². The van der Waals surface area contributed by atoms with E-state index in [0.717, 1.165) is 34.2 Å². The van der Waals surface area contributed by atoms with Gasteiger partial charge in [0, 0.05) is 6.54 Å². The Kier molecular flexibility index (Phi) is 7.87. The van der Waals surface area contributed by atoms with Gasteiger partial charge in [-0.05, 0) is 76.0 Å². The highest BCUT2D eigenvalue weighted by Gasteiger charge is 2.45. The minimum atomic E-state index is -4.89. The van der Waals surface area contributed by atoms with Gasteiger partial charge in [-0.25, -0.2) is 0 Å². The van der Waals surface area contributed by atoms with E-state index in [1.807, 2.05) is 0 Å². The van der Waals surface area contributed by atoms with E-state index in [1.54, 1.807) is 26.0 Å². The van der Waals surface area contributed by atoms with Crippen molar-refractivity contribution in [2.24, 2.45) is 11.3 Å². The summed E-state index contributed by atoms with van der Waals surface area (Å²) in [7, 11) is 0. The number of amides is 1. The Morgan fingerprint density at radius 2 is 1.71 bits per heavy atom. The summed E-state index contributed by atoms with van der Waals surface area (Å²) in [5, 5.41) is 13.6. The van der Waals surface area contributed by atoms with Crippen LogP contribution >= 0.6 is 23.2 Å². The Labute approximate surface area is 227 Å². The quantitative estimate of drug-likeness (QED) is 0.366. The van der Waals surface area contributed by atoms with Crippen LogP contribution in [-0.2, 0) is 11.0 Å². The van der Waals surface area contributed by atoms with Gasteiger partial charge >= 0.3 is 12.1 Å². The molecule has 2 fully saturated rings. The third kappa shape index (κ3) is 5.86. The molecule has 4 rings (SSSR count). The lowest BCUT2D eigenvalue weighted by atomic mass is 9.74. The molecule has 0 unspecified atom stereocenters. The molecule has 0 radical (unpaired) electrons. The number of rotatable bonds is 8. The number of carboxylic acids is 1. The molecular weight excluding hydrogens is 546 g/mol. The maximum absolute atomic E-state index is 14.3. The van der Waals surface area contributed by atoms with Crippen LogP contribution in [-0.4, -0.2) is 50.5 Å². The number of hydrogen-bond acceptors (Lipinski definition) is 4. The first-order chi connectivity index (χ1) is 17.7. The van der Waals surface area contributed by atoms with E-state index in [9.17, 15) is 32.7 Å². The van der Waals surface area contributed by atoms with Crippen molar-refractivity contribution in [1.29, 1.82) is 0 Å². The van der Waals surface area contributed by atoms with Crippen LogP contribution in [0.1, 0.15) is 83.5 Å². The summed E-state index contributed by atoms with van der Waals surface area (Å²) in [5.41, 5.74) is -2.09. The number of aromatic nitrogens is 2. The Morgan fingerprint density at radius 1 is 1.13 bits per heavy atom. The van der Waals surface area contributed by atoms with Gasteiger partial charge in [-0.1, -0.05) is 23.2 Å². The molecule has 206 valence electrons. The van der Waals surface area contributed by atoms with Crippen LogP contribution in [0.25, 0.3) is 0 Å². The lowest BCUT2D eigenvalue weighted by Gasteiger charge is -2.34. The monoisotopic (exact) mass is 573 g/mol. The zero-order chi connectivity index (χ0) is 28.0. The highest BCUT2D eigenvalue weighted by Crippen LogP contribution is 2.43. The first kappa shape index (κ1) is 28.4. The lowest BCUT2D eigenvalue weighted by Crippen LogP contribution is -2.38. The number of Topliss-reactive ketones (excluding diaryl/α,β-unsaturated/α-hetero) is 1. The van der Waals surface area contributed by atoms with Gasteiger partial charge in [-0.2, -0.15) is 18.3 Å². The van der Waals surface area contributed by atoms with Crippen LogP contribution < -0.4 is 0 Å². The molecule has 7 nitrogen and oxygen atoms in total. The summed E-state index contributed by atoms with van der Waals surface area (Å²) in [6, 6.07) is 2.40. The number of alkyl halides is 3. The van der Waals surface area contributed by atoms with Gasteiger partial charge in [0.2, 0.25) is 0 Å². The summed E-state index contributed by atoms with van der Waals surface area (Å²) in [5.74, 6) is -2.42. The Morgan fingerprint density at radius 3 is 2.21 bits per heavy atom. The van der Waals surface area contributed by atoms with Crippen LogP contribution in [0, 0.1) is 18.3 Å². The van der Waals surface area contributed by atoms with Crippen LogP contribution in [0.4, 0.5) is 13.2 Å². The van der Waals surface area contributed by atoms with Crippen molar-refractivity contribution in [2.45, 2.75) is 64.6 Å². The van der Waals surface area contributed by atoms with Crippen molar-refractivity contribution in [3.05, 3.63) is 50.8 Å². The average Bonchev–Trinajstić information content (AvgIpc) is 3.51. The lowest BCUT2D eigenvalue weighted by molar-refractivity contribution is -0.152. The molecule has 1 amide bonds. The molecule has 2 saturated carbocycles. The van der Waals surface area contributed by atoms with Crippen molar-refractivity contribution >= 4 is 40.9 Å². The number of aliphatic carboxylic acids is 1. The Bertz CT molecular complexity index is 1240. The van der Waals surface area contributed by atoms with Gasteiger partial charge in [-0.15, -0.1) is 0 Å². The van der Waals surface area contributed by atoms with E-state index in [2.05, 4.69) is 5.10 Å². The van der Waals surface area contributed by atoms with Crippen LogP contribution in [0.15, 0.2) is 18.3 Å². The van der Waals surface area contributed by atoms with Gasteiger partial charge < -0.3 is 10.0 Å². The highest BCUT2D eigenvalue weighted by atomic mass is 35.5. The molecule has 1 heterocycles.